The molecular weight excluding hydrogens is 266 g/mol. The molecule has 0 spiro atoms. The number of hydrogen-bond acceptors (Lipinski definition) is 5. The third-order valence-electron chi connectivity index (χ3n) is 2.31. The van der Waals surface area contributed by atoms with Gasteiger partial charge in [0.05, 0.1) is 10.6 Å². The van der Waals surface area contributed by atoms with Crippen LogP contribution in [-0.4, -0.2) is 25.8 Å². The van der Waals surface area contributed by atoms with Gasteiger partial charge in [-0.3, -0.25) is 4.79 Å². The summed E-state index contributed by atoms with van der Waals surface area (Å²) in [4.78, 5) is 13.2. The minimum Gasteiger partial charge on any atom is -0.396 e. The third kappa shape index (κ3) is 3.43. The Bertz CT molecular complexity index is 462. The Balaban J connectivity index is 2.97. The summed E-state index contributed by atoms with van der Waals surface area (Å²) >= 11 is 2.95. The third-order valence-corrected chi connectivity index (χ3v) is 4.43. The molecule has 1 amide bonds. The average Bonchev–Trinajstić information content (AvgIpc) is 2.64. The van der Waals surface area contributed by atoms with Gasteiger partial charge in [0.15, 0.2) is 0 Å². The van der Waals surface area contributed by atoms with Gasteiger partial charge in [0, 0.05) is 13.6 Å². The molecule has 0 aliphatic heterocycles. The molecule has 1 heterocycles. The van der Waals surface area contributed by atoms with E-state index in [0.717, 1.165) is 16.4 Å². The van der Waals surface area contributed by atoms with E-state index >= 15 is 0 Å². The van der Waals surface area contributed by atoms with Crippen LogP contribution in [0.15, 0.2) is 16.5 Å². The van der Waals surface area contributed by atoms with Gasteiger partial charge in [0.2, 0.25) is 0 Å². The fourth-order valence-electron chi connectivity index (χ4n) is 1.38. The van der Waals surface area contributed by atoms with Gasteiger partial charge < -0.3 is 16.4 Å². The Morgan fingerprint density at radius 2 is 2.17 bits per heavy atom. The Kier molecular flexibility index (Phi) is 5.55. The molecular formula is C12H19N3OS2. The maximum Gasteiger partial charge on any atom is 0.263 e. The molecule has 0 aliphatic rings. The van der Waals surface area contributed by atoms with Gasteiger partial charge >= 0.3 is 0 Å². The molecule has 1 aromatic rings. The molecule has 4 nitrogen and oxygen atoms in total. The number of hydrogen-bond donors (Lipinski definition) is 3. The van der Waals surface area contributed by atoms with Crippen molar-refractivity contribution in [2.75, 3.05) is 30.9 Å². The molecule has 18 heavy (non-hydrogen) atoms. The topological polar surface area (TPSA) is 67.2 Å². The number of thioether (sulfide) groups is 1. The van der Waals surface area contributed by atoms with Crippen LogP contribution in [0.1, 0.15) is 23.5 Å². The highest BCUT2D eigenvalue weighted by molar-refractivity contribution is 7.99. The van der Waals surface area contributed by atoms with Crippen LogP contribution in [-0.2, 0) is 0 Å². The molecule has 4 N–H and O–H groups in total. The molecule has 0 aromatic carbocycles. The van der Waals surface area contributed by atoms with E-state index < -0.39 is 0 Å². The van der Waals surface area contributed by atoms with Crippen LogP contribution in [0.25, 0.3) is 0 Å². The van der Waals surface area contributed by atoms with Gasteiger partial charge in [0.1, 0.15) is 9.88 Å². The largest absolute Gasteiger partial charge is 0.396 e. The van der Waals surface area contributed by atoms with Gasteiger partial charge in [-0.05, 0) is 20.1 Å². The number of amides is 1. The van der Waals surface area contributed by atoms with E-state index in [2.05, 4.69) is 30.6 Å². The van der Waals surface area contributed by atoms with E-state index in [1.54, 1.807) is 18.8 Å². The summed E-state index contributed by atoms with van der Waals surface area (Å²) in [6, 6.07) is 0. The van der Waals surface area contributed by atoms with Crippen LogP contribution in [0.3, 0.4) is 0 Å². The molecule has 1 rings (SSSR count). The second-order valence-corrected chi connectivity index (χ2v) is 5.79. The fraction of sp³-hybridized carbons (Fsp3) is 0.417. The number of carbonyl (C=O) groups excluding carboxylic acids is 1. The normalized spacial score (nSPS) is 10.0. The van der Waals surface area contributed by atoms with E-state index in [1.807, 2.05) is 6.26 Å². The molecule has 0 bridgehead atoms. The molecule has 100 valence electrons. The Hall–Kier alpha value is -1.14. The van der Waals surface area contributed by atoms with Crippen LogP contribution in [0.4, 0.5) is 10.7 Å². The fourth-order valence-corrected chi connectivity index (χ4v) is 3.37. The quantitative estimate of drug-likeness (QED) is 0.575. The lowest BCUT2D eigenvalue weighted by molar-refractivity contribution is 0.0968. The standard InChI is InChI=1S/C12H19N3OS2/c1-7(2)5-6-15-12-10(17-4)8(13)9(18-12)11(16)14-3/h5,15H,6,13H2,1-4H3,(H,14,16). The summed E-state index contributed by atoms with van der Waals surface area (Å²) in [7, 11) is 1.61. The first kappa shape index (κ1) is 14.9. The summed E-state index contributed by atoms with van der Waals surface area (Å²) in [6.45, 7) is 4.84. The zero-order valence-electron chi connectivity index (χ0n) is 11.1. The Morgan fingerprint density at radius 3 is 2.67 bits per heavy atom. The molecule has 0 fully saturated rings. The minimum absolute atomic E-state index is 0.136. The predicted octanol–water partition coefficient (Wildman–Crippen LogP) is 2.79. The number of nitrogens with one attached hydrogen (secondary N) is 2. The van der Waals surface area contributed by atoms with Gasteiger partial charge in [0.25, 0.3) is 5.91 Å². The number of rotatable bonds is 5. The summed E-state index contributed by atoms with van der Waals surface area (Å²) < 4.78 is 0. The first-order valence-corrected chi connectivity index (χ1v) is 7.61. The number of nitrogen functional groups attached to an aromatic ring is 1. The van der Waals surface area contributed by atoms with Crippen molar-refractivity contribution in [1.82, 2.24) is 5.32 Å². The molecule has 1 aromatic heterocycles. The minimum atomic E-state index is -0.136. The summed E-state index contributed by atoms with van der Waals surface area (Å²) in [5.41, 5.74) is 7.81. The van der Waals surface area contributed by atoms with E-state index in [-0.39, 0.29) is 5.91 Å². The van der Waals surface area contributed by atoms with Gasteiger partial charge in [-0.1, -0.05) is 11.6 Å². The number of thiophene rings is 1. The van der Waals surface area contributed by atoms with Crippen molar-refractivity contribution < 1.29 is 4.79 Å². The van der Waals surface area contributed by atoms with Crippen LogP contribution in [0, 0.1) is 0 Å². The highest BCUT2D eigenvalue weighted by atomic mass is 32.2. The highest BCUT2D eigenvalue weighted by Crippen LogP contribution is 2.41. The van der Waals surface area contributed by atoms with Crippen molar-refractivity contribution in [1.29, 1.82) is 0 Å². The van der Waals surface area contributed by atoms with Crippen molar-refractivity contribution in [3.8, 4) is 0 Å². The number of carbonyl (C=O) groups is 1. The predicted molar refractivity (Wildman–Crippen MR) is 81.8 cm³/mol. The average molecular weight is 285 g/mol. The second-order valence-electron chi connectivity index (χ2n) is 3.95. The Labute approximate surface area is 116 Å². The first-order valence-electron chi connectivity index (χ1n) is 5.56. The van der Waals surface area contributed by atoms with Crippen molar-refractivity contribution in [2.24, 2.45) is 0 Å². The second kappa shape index (κ2) is 6.70. The molecule has 0 saturated heterocycles. The van der Waals surface area contributed by atoms with E-state index in [4.69, 9.17) is 5.73 Å². The number of nitrogens with two attached hydrogens (primary N) is 1. The van der Waals surface area contributed by atoms with E-state index in [0.29, 0.717) is 10.6 Å². The van der Waals surface area contributed by atoms with Crippen molar-refractivity contribution in [3.05, 3.63) is 16.5 Å². The monoisotopic (exact) mass is 285 g/mol. The van der Waals surface area contributed by atoms with Crippen molar-refractivity contribution in [3.63, 3.8) is 0 Å². The van der Waals surface area contributed by atoms with Crippen LogP contribution in [0.5, 0.6) is 0 Å². The lowest BCUT2D eigenvalue weighted by Gasteiger charge is -2.03. The van der Waals surface area contributed by atoms with Gasteiger partial charge in [-0.2, -0.15) is 0 Å². The van der Waals surface area contributed by atoms with E-state index in [1.165, 1.54) is 16.9 Å². The van der Waals surface area contributed by atoms with Crippen molar-refractivity contribution >= 4 is 39.7 Å². The lowest BCUT2D eigenvalue weighted by atomic mass is 10.3. The van der Waals surface area contributed by atoms with Crippen LogP contribution in [0.2, 0.25) is 0 Å². The molecule has 0 unspecified atom stereocenters. The SMILES string of the molecule is CNC(=O)c1sc(NCC=C(C)C)c(SC)c1N. The number of anilines is 2. The lowest BCUT2D eigenvalue weighted by Crippen LogP contribution is -2.17. The summed E-state index contributed by atoms with van der Waals surface area (Å²) in [5.74, 6) is -0.136. The summed E-state index contributed by atoms with van der Waals surface area (Å²) in [6.07, 6.45) is 4.05. The van der Waals surface area contributed by atoms with Crippen LogP contribution < -0.4 is 16.4 Å². The molecule has 0 radical (unpaired) electrons. The smallest absolute Gasteiger partial charge is 0.263 e. The van der Waals surface area contributed by atoms with Gasteiger partial charge in [-0.25, -0.2) is 0 Å². The highest BCUT2D eigenvalue weighted by Gasteiger charge is 2.19. The Morgan fingerprint density at radius 1 is 1.50 bits per heavy atom. The maximum absolute atomic E-state index is 11.7. The molecule has 0 atom stereocenters. The molecule has 6 heteroatoms. The zero-order valence-corrected chi connectivity index (χ0v) is 12.7. The maximum atomic E-state index is 11.7. The van der Waals surface area contributed by atoms with E-state index in [9.17, 15) is 4.79 Å². The summed E-state index contributed by atoms with van der Waals surface area (Å²) in [5, 5.41) is 6.86. The first-order chi connectivity index (χ1) is 8.51. The van der Waals surface area contributed by atoms with Gasteiger partial charge in [-0.15, -0.1) is 23.1 Å². The van der Waals surface area contributed by atoms with Crippen LogP contribution >= 0.6 is 23.1 Å². The zero-order chi connectivity index (χ0) is 13.7. The molecule has 0 aliphatic carbocycles. The van der Waals surface area contributed by atoms with Crippen molar-refractivity contribution in [2.45, 2.75) is 18.7 Å². The number of allylic oxidation sites excluding steroid dienone is 1. The molecule has 0 saturated carbocycles.